The average Bonchev–Trinajstić information content (AvgIpc) is 2.65. The van der Waals surface area contributed by atoms with Gasteiger partial charge in [0.05, 0.1) is 5.02 Å². The van der Waals surface area contributed by atoms with Crippen molar-refractivity contribution in [2.75, 3.05) is 19.4 Å². The molecule has 1 aliphatic carbocycles. The number of rotatable bonds is 2. The Labute approximate surface area is 160 Å². The van der Waals surface area contributed by atoms with E-state index in [4.69, 9.17) is 17.3 Å². The summed E-state index contributed by atoms with van der Waals surface area (Å²) in [5, 5.41) is 2.63. The van der Waals surface area contributed by atoms with Gasteiger partial charge in [0.2, 0.25) is 5.91 Å². The van der Waals surface area contributed by atoms with Crippen molar-refractivity contribution in [1.82, 2.24) is 9.88 Å². The Morgan fingerprint density at radius 3 is 2.15 bits per heavy atom. The molecule has 0 radical (unpaired) electrons. The van der Waals surface area contributed by atoms with E-state index in [1.54, 1.807) is 4.90 Å². The van der Waals surface area contributed by atoms with E-state index in [0.717, 1.165) is 12.8 Å². The summed E-state index contributed by atoms with van der Waals surface area (Å²) in [5.41, 5.74) is 4.71. The zero-order valence-electron chi connectivity index (χ0n) is 15.9. The van der Waals surface area contributed by atoms with Crippen molar-refractivity contribution in [1.29, 1.82) is 0 Å². The smallest absolute Gasteiger partial charge is 0.314 e. The van der Waals surface area contributed by atoms with E-state index in [1.165, 1.54) is 37.6 Å². The summed E-state index contributed by atoms with van der Waals surface area (Å²) in [6, 6.07) is 2.99. The zero-order valence-corrected chi connectivity index (χ0v) is 16.7. The molecule has 3 N–H and O–H groups in total. The number of hydrogen-bond donors (Lipinski definition) is 2. The molecule has 0 aliphatic heterocycles. The standard InChI is InChI=1S/C9H17NO.C7H6ClN3O2.C2H6/c1-10(2)9(11)8-6-4-3-5-7-8;8-4-1-2-5(10-3-4)11-7(13)6(9)12;1-2/h8H,3-7H2,1-2H3;1-3H,(H2,9,12)(H,10,11,13);1-2H3. The Hall–Kier alpha value is -2.15. The zero-order chi connectivity index (χ0) is 20.1. The number of carbonyl (C=O) groups excluding carboxylic acids is 3. The molecule has 1 saturated carbocycles. The van der Waals surface area contributed by atoms with E-state index >= 15 is 0 Å². The van der Waals surface area contributed by atoms with Gasteiger partial charge in [-0.25, -0.2) is 4.98 Å². The van der Waals surface area contributed by atoms with Gasteiger partial charge in [0.25, 0.3) is 0 Å². The van der Waals surface area contributed by atoms with E-state index in [9.17, 15) is 14.4 Å². The van der Waals surface area contributed by atoms with Gasteiger partial charge in [0, 0.05) is 26.2 Å². The lowest BCUT2D eigenvalue weighted by atomic mass is 9.88. The van der Waals surface area contributed by atoms with Gasteiger partial charge in [-0.05, 0) is 25.0 Å². The van der Waals surface area contributed by atoms with Crippen LogP contribution >= 0.6 is 11.6 Å². The summed E-state index contributed by atoms with van der Waals surface area (Å²) in [6.07, 6.45) is 7.36. The summed E-state index contributed by atoms with van der Waals surface area (Å²) in [5.74, 6) is -1.08. The first-order valence-electron chi connectivity index (χ1n) is 8.74. The van der Waals surface area contributed by atoms with Gasteiger partial charge >= 0.3 is 11.8 Å². The van der Waals surface area contributed by atoms with Crippen LogP contribution in [0.4, 0.5) is 5.82 Å². The van der Waals surface area contributed by atoms with E-state index in [0.29, 0.717) is 16.8 Å². The predicted molar refractivity (Wildman–Crippen MR) is 104 cm³/mol. The molecule has 146 valence electrons. The molecular weight excluding hydrogens is 356 g/mol. The highest BCUT2D eigenvalue weighted by Crippen LogP contribution is 2.24. The fourth-order valence-corrected chi connectivity index (χ4v) is 2.45. The van der Waals surface area contributed by atoms with Crippen LogP contribution in [0, 0.1) is 5.92 Å². The first kappa shape index (κ1) is 23.9. The Bertz CT molecular complexity index is 570. The van der Waals surface area contributed by atoms with Crippen LogP contribution in [0.5, 0.6) is 0 Å². The second-order valence-electron chi connectivity index (χ2n) is 5.75. The summed E-state index contributed by atoms with van der Waals surface area (Å²) in [7, 11) is 3.69. The molecule has 1 aromatic heterocycles. The molecule has 3 amide bonds. The number of hydrogen-bond acceptors (Lipinski definition) is 4. The Kier molecular flexibility index (Phi) is 12.0. The molecule has 1 aliphatic rings. The molecule has 0 unspecified atom stereocenters. The quantitative estimate of drug-likeness (QED) is 0.764. The van der Waals surface area contributed by atoms with E-state index in [2.05, 4.69) is 10.3 Å². The van der Waals surface area contributed by atoms with E-state index < -0.39 is 11.8 Å². The van der Waals surface area contributed by atoms with Crippen molar-refractivity contribution < 1.29 is 14.4 Å². The SMILES string of the molecule is CC.CN(C)C(=O)C1CCCCC1.NC(=O)C(=O)Nc1ccc(Cl)cn1. The van der Waals surface area contributed by atoms with Crippen molar-refractivity contribution in [2.45, 2.75) is 46.0 Å². The molecule has 8 heteroatoms. The number of nitrogens with two attached hydrogens (primary N) is 1. The third-order valence-electron chi connectivity index (χ3n) is 3.59. The minimum absolute atomic E-state index is 0.230. The molecule has 2 rings (SSSR count). The highest BCUT2D eigenvalue weighted by atomic mass is 35.5. The first-order valence-corrected chi connectivity index (χ1v) is 9.12. The van der Waals surface area contributed by atoms with E-state index in [-0.39, 0.29) is 5.82 Å². The molecule has 7 nitrogen and oxygen atoms in total. The summed E-state index contributed by atoms with van der Waals surface area (Å²) in [6.45, 7) is 4.00. The summed E-state index contributed by atoms with van der Waals surface area (Å²) < 4.78 is 0. The molecule has 0 bridgehead atoms. The second kappa shape index (κ2) is 13.1. The molecular formula is C18H29ClN4O3. The van der Waals surface area contributed by atoms with Gasteiger partial charge in [0.15, 0.2) is 0 Å². The minimum atomic E-state index is -1.06. The van der Waals surface area contributed by atoms with Gasteiger partial charge in [0.1, 0.15) is 5.82 Å². The van der Waals surface area contributed by atoms with Crippen molar-refractivity contribution in [3.63, 3.8) is 0 Å². The maximum atomic E-state index is 11.4. The number of primary amides is 1. The van der Waals surface area contributed by atoms with Crippen LogP contribution in [0.25, 0.3) is 0 Å². The van der Waals surface area contributed by atoms with Crippen molar-refractivity contribution in [3.8, 4) is 0 Å². The monoisotopic (exact) mass is 384 g/mol. The maximum Gasteiger partial charge on any atom is 0.314 e. The molecule has 0 atom stereocenters. The predicted octanol–water partition coefficient (Wildman–Crippen LogP) is 2.84. The molecule has 0 aromatic carbocycles. The van der Waals surface area contributed by atoms with Crippen LogP contribution in [-0.2, 0) is 14.4 Å². The fraction of sp³-hybridized carbons (Fsp3) is 0.556. The number of anilines is 1. The van der Waals surface area contributed by atoms with Gasteiger partial charge < -0.3 is 16.0 Å². The van der Waals surface area contributed by atoms with Crippen LogP contribution in [-0.4, -0.2) is 41.7 Å². The van der Waals surface area contributed by atoms with Crippen molar-refractivity contribution in [3.05, 3.63) is 23.4 Å². The molecule has 1 aromatic rings. The Balaban J connectivity index is 0.000000444. The summed E-state index contributed by atoms with van der Waals surface area (Å²) >= 11 is 5.54. The minimum Gasteiger partial charge on any atom is -0.361 e. The number of halogens is 1. The Morgan fingerprint density at radius 1 is 1.15 bits per heavy atom. The number of pyridine rings is 1. The van der Waals surface area contributed by atoms with E-state index in [1.807, 2.05) is 27.9 Å². The molecule has 0 saturated heterocycles. The molecule has 0 spiro atoms. The number of amides is 3. The number of nitrogens with zero attached hydrogens (tertiary/aromatic N) is 2. The van der Waals surface area contributed by atoms with Crippen molar-refractivity contribution >= 4 is 35.1 Å². The number of nitrogens with one attached hydrogen (secondary N) is 1. The van der Waals surface area contributed by atoms with Crippen LogP contribution in [0.2, 0.25) is 5.02 Å². The highest BCUT2D eigenvalue weighted by molar-refractivity contribution is 6.39. The van der Waals surface area contributed by atoms with Crippen LogP contribution in [0.3, 0.4) is 0 Å². The second-order valence-corrected chi connectivity index (χ2v) is 6.18. The van der Waals surface area contributed by atoms with Gasteiger partial charge in [-0.15, -0.1) is 0 Å². The largest absolute Gasteiger partial charge is 0.361 e. The topological polar surface area (TPSA) is 105 Å². The van der Waals surface area contributed by atoms with Gasteiger partial charge in [-0.2, -0.15) is 0 Å². The first-order chi connectivity index (χ1) is 12.3. The normalized spacial score (nSPS) is 13.3. The molecule has 1 fully saturated rings. The summed E-state index contributed by atoms with van der Waals surface area (Å²) in [4.78, 5) is 37.9. The number of aromatic nitrogens is 1. The van der Waals surface area contributed by atoms with Crippen LogP contribution in [0.1, 0.15) is 46.0 Å². The lowest BCUT2D eigenvalue weighted by Gasteiger charge is -2.23. The Morgan fingerprint density at radius 2 is 1.73 bits per heavy atom. The lowest BCUT2D eigenvalue weighted by molar-refractivity contribution is -0.134. The number of carbonyl (C=O) groups is 3. The third kappa shape index (κ3) is 9.36. The molecule has 1 heterocycles. The average molecular weight is 385 g/mol. The highest BCUT2D eigenvalue weighted by Gasteiger charge is 2.21. The third-order valence-corrected chi connectivity index (χ3v) is 3.81. The van der Waals surface area contributed by atoms with Crippen LogP contribution in [0.15, 0.2) is 18.3 Å². The molecule has 26 heavy (non-hydrogen) atoms. The fourth-order valence-electron chi connectivity index (χ4n) is 2.34. The van der Waals surface area contributed by atoms with Crippen LogP contribution < -0.4 is 11.1 Å². The lowest BCUT2D eigenvalue weighted by Crippen LogP contribution is -2.30. The van der Waals surface area contributed by atoms with Gasteiger partial charge in [-0.1, -0.05) is 44.7 Å². The van der Waals surface area contributed by atoms with Gasteiger partial charge in [-0.3, -0.25) is 14.4 Å². The van der Waals surface area contributed by atoms with Crippen molar-refractivity contribution in [2.24, 2.45) is 11.7 Å². The maximum absolute atomic E-state index is 11.4.